The average Bonchev–Trinajstić information content (AvgIpc) is 2.89. The summed E-state index contributed by atoms with van der Waals surface area (Å²) >= 11 is 0. The highest BCUT2D eigenvalue weighted by Crippen LogP contribution is 2.45. The first kappa shape index (κ1) is 88.1. The summed E-state index contributed by atoms with van der Waals surface area (Å²) in [4.78, 5) is 72.4. The smallest absolute Gasteiger partial charge is 0.462 e. The van der Waals surface area contributed by atoms with E-state index in [0.29, 0.717) is 37.5 Å². The third kappa shape index (κ3) is 63.5. The first-order chi connectivity index (χ1) is 43.1. The number of rotatable bonds is 68. The zero-order chi connectivity index (χ0) is 66.8. The van der Waals surface area contributed by atoms with Crippen molar-refractivity contribution < 1.29 is 80.2 Å². The third-order valence-electron chi connectivity index (χ3n) is 16.7. The minimum atomic E-state index is -4.95. The highest BCUT2D eigenvalue weighted by molar-refractivity contribution is 7.47. The molecule has 0 aliphatic rings. The maximum atomic E-state index is 13.0. The molecule has 0 radical (unpaired) electrons. The number of carbonyl (C=O) groups is 4. The summed E-state index contributed by atoms with van der Waals surface area (Å²) in [6, 6.07) is 0. The van der Waals surface area contributed by atoms with E-state index >= 15 is 0 Å². The molecule has 90 heavy (non-hydrogen) atoms. The van der Waals surface area contributed by atoms with Gasteiger partial charge in [0.1, 0.15) is 19.3 Å². The number of hydrogen-bond donors (Lipinski definition) is 3. The van der Waals surface area contributed by atoms with E-state index in [2.05, 4.69) is 55.4 Å². The SMILES string of the molecule is CCC(C)CCCCCCCCC(=O)OC[C@H](COP(=O)(O)OCC(O)COP(=O)(O)OC[C@@H](COC(=O)CCCCCCCCCC(C)C)OC(=O)CCCCCCCCCCCCCCCCCCCCC(C)C)OC(=O)CCCCCCCCC(C)C. The van der Waals surface area contributed by atoms with Crippen LogP contribution in [0.15, 0.2) is 0 Å². The number of ether oxygens (including phenoxy) is 4. The van der Waals surface area contributed by atoms with Gasteiger partial charge in [0.15, 0.2) is 12.2 Å². The number of phosphoric ester groups is 2. The van der Waals surface area contributed by atoms with Crippen LogP contribution >= 0.6 is 15.6 Å². The van der Waals surface area contributed by atoms with Crippen LogP contribution in [0.25, 0.3) is 0 Å². The van der Waals surface area contributed by atoms with Crippen molar-refractivity contribution in [3.63, 3.8) is 0 Å². The summed E-state index contributed by atoms with van der Waals surface area (Å²) in [6.45, 7) is 14.0. The molecule has 4 unspecified atom stereocenters. The Labute approximate surface area is 549 Å². The maximum Gasteiger partial charge on any atom is 0.472 e. The number of aliphatic hydroxyl groups excluding tert-OH is 1. The normalized spacial score (nSPS) is 14.6. The van der Waals surface area contributed by atoms with Gasteiger partial charge < -0.3 is 33.8 Å². The van der Waals surface area contributed by atoms with Gasteiger partial charge in [-0.3, -0.25) is 37.3 Å². The Bertz CT molecular complexity index is 1780. The van der Waals surface area contributed by atoms with Crippen molar-refractivity contribution >= 4 is 39.5 Å². The van der Waals surface area contributed by atoms with E-state index in [0.717, 1.165) is 115 Å². The van der Waals surface area contributed by atoms with Crippen LogP contribution in [0.1, 0.15) is 351 Å². The minimum Gasteiger partial charge on any atom is -0.462 e. The molecule has 0 aromatic rings. The molecule has 534 valence electrons. The molecule has 17 nitrogen and oxygen atoms in total. The van der Waals surface area contributed by atoms with E-state index in [1.165, 1.54) is 141 Å². The highest BCUT2D eigenvalue weighted by atomic mass is 31.2. The van der Waals surface area contributed by atoms with E-state index in [-0.39, 0.29) is 25.7 Å². The van der Waals surface area contributed by atoms with Crippen LogP contribution in [0, 0.1) is 23.7 Å². The van der Waals surface area contributed by atoms with Gasteiger partial charge in [-0.2, -0.15) is 0 Å². The molecular weight excluding hydrogens is 1190 g/mol. The van der Waals surface area contributed by atoms with Crippen LogP contribution < -0.4 is 0 Å². The summed E-state index contributed by atoms with van der Waals surface area (Å²) in [5.74, 6) is 0.790. The molecule has 0 saturated carbocycles. The van der Waals surface area contributed by atoms with Crippen LogP contribution in [0.3, 0.4) is 0 Å². The highest BCUT2D eigenvalue weighted by Gasteiger charge is 2.30. The van der Waals surface area contributed by atoms with Gasteiger partial charge in [0, 0.05) is 25.7 Å². The van der Waals surface area contributed by atoms with Crippen molar-refractivity contribution in [2.24, 2.45) is 23.7 Å². The second-order valence-electron chi connectivity index (χ2n) is 27.3. The summed E-state index contributed by atoms with van der Waals surface area (Å²) in [6.07, 6.45) is 43.5. The van der Waals surface area contributed by atoms with Gasteiger partial charge >= 0.3 is 39.5 Å². The van der Waals surface area contributed by atoms with Crippen LogP contribution in [-0.2, 0) is 65.4 Å². The van der Waals surface area contributed by atoms with E-state index in [4.69, 9.17) is 37.0 Å². The van der Waals surface area contributed by atoms with Gasteiger partial charge in [0.05, 0.1) is 26.4 Å². The molecule has 0 amide bonds. The fraction of sp³-hybridized carbons (Fsp3) is 0.944. The lowest BCUT2D eigenvalue weighted by atomic mass is 10.00. The van der Waals surface area contributed by atoms with Gasteiger partial charge in [0.25, 0.3) is 0 Å². The van der Waals surface area contributed by atoms with Crippen LogP contribution in [0.5, 0.6) is 0 Å². The predicted molar refractivity (Wildman–Crippen MR) is 363 cm³/mol. The van der Waals surface area contributed by atoms with Crippen LogP contribution in [0.2, 0.25) is 0 Å². The van der Waals surface area contributed by atoms with E-state index < -0.39 is 97.5 Å². The van der Waals surface area contributed by atoms with E-state index in [1.54, 1.807) is 0 Å². The zero-order valence-electron chi connectivity index (χ0n) is 58.8. The Kier molecular flexibility index (Phi) is 59.4. The molecule has 3 N–H and O–H groups in total. The number of unbranched alkanes of at least 4 members (excludes halogenated alkanes) is 33. The van der Waals surface area contributed by atoms with Crippen molar-refractivity contribution in [1.29, 1.82) is 0 Å². The van der Waals surface area contributed by atoms with Crippen molar-refractivity contribution in [3.05, 3.63) is 0 Å². The number of carbonyl (C=O) groups excluding carboxylic acids is 4. The Hall–Kier alpha value is -1.94. The molecule has 0 rings (SSSR count). The van der Waals surface area contributed by atoms with Gasteiger partial charge in [0.2, 0.25) is 0 Å². The fourth-order valence-corrected chi connectivity index (χ4v) is 12.2. The fourth-order valence-electron chi connectivity index (χ4n) is 10.6. The van der Waals surface area contributed by atoms with Gasteiger partial charge in [-0.05, 0) is 49.4 Å². The standard InChI is InChI=1S/C71H138O17P2/c1-9-64(8)50-42-34-28-30-36-44-52-69(74)82-58-67(88-71(76)54-46-38-29-27-33-41-49-63(6)7)60-86-90(79,80)84-56-65(72)55-83-89(77,78)85-59-66(57-81-68(73)51-43-35-26-22-24-32-40-48-62(4)5)87-70(75)53-45-37-25-21-19-17-15-13-11-10-12-14-16-18-20-23-31-39-47-61(2)3/h61-67,72H,9-60H2,1-8H3,(H,77,78)(H,79,80)/t64?,65?,66-,67-/m1/s1. The summed E-state index contributed by atoms with van der Waals surface area (Å²) in [5.41, 5.74) is 0. The number of esters is 4. The third-order valence-corrected chi connectivity index (χ3v) is 18.6. The maximum absolute atomic E-state index is 13.0. The monoisotopic (exact) mass is 1320 g/mol. The molecular formula is C71H138O17P2. The van der Waals surface area contributed by atoms with Crippen LogP contribution in [0.4, 0.5) is 0 Å². The Balaban J connectivity index is 5.15. The van der Waals surface area contributed by atoms with Crippen molar-refractivity contribution in [2.45, 2.75) is 369 Å². The second kappa shape index (κ2) is 60.7. The number of phosphoric acid groups is 2. The molecule has 0 heterocycles. The molecule has 0 aliphatic carbocycles. The lowest BCUT2D eigenvalue weighted by Gasteiger charge is -2.21. The lowest BCUT2D eigenvalue weighted by molar-refractivity contribution is -0.161. The summed E-state index contributed by atoms with van der Waals surface area (Å²) in [5, 5.41) is 10.6. The van der Waals surface area contributed by atoms with Crippen molar-refractivity contribution in [2.75, 3.05) is 39.6 Å². The Morgan fingerprint density at radius 2 is 0.533 bits per heavy atom. The molecule has 19 heteroatoms. The zero-order valence-corrected chi connectivity index (χ0v) is 60.6. The number of hydrogen-bond acceptors (Lipinski definition) is 15. The van der Waals surface area contributed by atoms with Crippen molar-refractivity contribution in [1.82, 2.24) is 0 Å². The Morgan fingerprint density at radius 3 is 0.789 bits per heavy atom. The summed E-state index contributed by atoms with van der Waals surface area (Å²) in [7, 11) is -9.90. The number of aliphatic hydroxyl groups is 1. The lowest BCUT2D eigenvalue weighted by Crippen LogP contribution is -2.30. The molecule has 0 bridgehead atoms. The average molecular weight is 1330 g/mol. The first-order valence-electron chi connectivity index (χ1n) is 36.7. The predicted octanol–water partition coefficient (Wildman–Crippen LogP) is 20.1. The Morgan fingerprint density at radius 1 is 0.311 bits per heavy atom. The first-order valence-corrected chi connectivity index (χ1v) is 39.7. The molecule has 0 aromatic heterocycles. The molecule has 0 aliphatic heterocycles. The van der Waals surface area contributed by atoms with E-state index in [1.807, 2.05) is 0 Å². The molecule has 0 aromatic carbocycles. The van der Waals surface area contributed by atoms with Gasteiger partial charge in [-0.1, -0.05) is 299 Å². The summed E-state index contributed by atoms with van der Waals surface area (Å²) < 4.78 is 68.2. The largest absolute Gasteiger partial charge is 0.472 e. The van der Waals surface area contributed by atoms with Gasteiger partial charge in [-0.25, -0.2) is 9.13 Å². The quantitative estimate of drug-likeness (QED) is 0.0222. The molecule has 0 fully saturated rings. The van der Waals surface area contributed by atoms with Crippen molar-refractivity contribution in [3.8, 4) is 0 Å². The van der Waals surface area contributed by atoms with Gasteiger partial charge in [-0.15, -0.1) is 0 Å². The minimum absolute atomic E-state index is 0.101. The van der Waals surface area contributed by atoms with Crippen LogP contribution in [-0.4, -0.2) is 96.7 Å². The second-order valence-corrected chi connectivity index (χ2v) is 30.2. The van der Waals surface area contributed by atoms with E-state index in [9.17, 15) is 43.2 Å². The molecule has 6 atom stereocenters. The molecule has 0 spiro atoms. The topological polar surface area (TPSA) is 237 Å². The molecule has 0 saturated heterocycles.